The molecule has 0 saturated heterocycles. The van der Waals surface area contributed by atoms with Crippen LogP contribution in [0.5, 0.6) is 0 Å². The van der Waals surface area contributed by atoms with Crippen LogP contribution in [0.1, 0.15) is 30.7 Å². The van der Waals surface area contributed by atoms with Gasteiger partial charge in [0.2, 0.25) is 5.91 Å². The predicted molar refractivity (Wildman–Crippen MR) is 128 cm³/mol. The predicted octanol–water partition coefficient (Wildman–Crippen LogP) is 4.94. The molecule has 1 N–H and O–H groups in total. The normalized spacial score (nSPS) is 11.2. The molecular formula is C24H28N4OS. The number of hydrazone groups is 1. The van der Waals surface area contributed by atoms with Crippen LogP contribution in [0.15, 0.2) is 58.5 Å². The Hall–Kier alpha value is -2.86. The molecule has 3 rings (SSSR count). The molecule has 3 aromatic rings. The van der Waals surface area contributed by atoms with E-state index in [2.05, 4.69) is 65.4 Å². The van der Waals surface area contributed by atoms with Crippen LogP contribution in [0, 0.1) is 13.8 Å². The Morgan fingerprint density at radius 3 is 2.53 bits per heavy atom. The zero-order chi connectivity index (χ0) is 21.5. The van der Waals surface area contributed by atoms with Crippen molar-refractivity contribution in [3.8, 4) is 0 Å². The number of benzene rings is 2. The Kier molecular flexibility index (Phi) is 7.46. The van der Waals surface area contributed by atoms with Crippen LogP contribution in [0.2, 0.25) is 0 Å². The van der Waals surface area contributed by atoms with Crippen LogP contribution in [-0.2, 0) is 4.79 Å². The second-order valence-electron chi connectivity index (χ2n) is 7.13. The van der Waals surface area contributed by atoms with E-state index in [-0.39, 0.29) is 5.91 Å². The van der Waals surface area contributed by atoms with Gasteiger partial charge in [-0.15, -0.1) is 11.8 Å². The van der Waals surface area contributed by atoms with Crippen molar-refractivity contribution in [3.05, 3.63) is 65.4 Å². The summed E-state index contributed by atoms with van der Waals surface area (Å²) in [6, 6.07) is 16.4. The van der Waals surface area contributed by atoms with Gasteiger partial charge in [-0.25, -0.2) is 5.43 Å². The summed E-state index contributed by atoms with van der Waals surface area (Å²) in [5, 5.41) is 5.18. The second-order valence-corrected chi connectivity index (χ2v) is 8.15. The van der Waals surface area contributed by atoms with E-state index in [9.17, 15) is 4.79 Å². The SMILES string of the molecule is CCN(CC)c1ccc(/C=N/NC(=O)CSc2cc(C)nc3ccc(C)cc23)cc1. The first-order valence-corrected chi connectivity index (χ1v) is 11.2. The fourth-order valence-corrected chi connectivity index (χ4v) is 4.19. The molecule has 0 unspecified atom stereocenters. The highest BCUT2D eigenvalue weighted by Crippen LogP contribution is 2.28. The van der Waals surface area contributed by atoms with Crippen molar-refractivity contribution in [2.24, 2.45) is 5.10 Å². The topological polar surface area (TPSA) is 57.6 Å². The van der Waals surface area contributed by atoms with Crippen molar-refractivity contribution in [3.63, 3.8) is 0 Å². The van der Waals surface area contributed by atoms with Crippen molar-refractivity contribution in [1.29, 1.82) is 0 Å². The molecule has 6 heteroatoms. The Morgan fingerprint density at radius 2 is 1.83 bits per heavy atom. The van der Waals surface area contributed by atoms with E-state index in [0.717, 1.165) is 40.1 Å². The number of pyridine rings is 1. The summed E-state index contributed by atoms with van der Waals surface area (Å²) in [6.45, 7) is 10.3. The molecule has 0 bridgehead atoms. The first kappa shape index (κ1) is 21.8. The molecule has 5 nitrogen and oxygen atoms in total. The summed E-state index contributed by atoms with van der Waals surface area (Å²) >= 11 is 1.51. The molecule has 0 atom stereocenters. The van der Waals surface area contributed by atoms with Crippen LogP contribution < -0.4 is 10.3 Å². The number of rotatable bonds is 8. The summed E-state index contributed by atoms with van der Waals surface area (Å²) in [7, 11) is 0. The van der Waals surface area contributed by atoms with E-state index in [1.165, 1.54) is 23.0 Å². The molecule has 1 amide bonds. The lowest BCUT2D eigenvalue weighted by molar-refractivity contribution is -0.118. The summed E-state index contributed by atoms with van der Waals surface area (Å²) in [4.78, 5) is 20.2. The van der Waals surface area contributed by atoms with Crippen molar-refractivity contribution < 1.29 is 4.79 Å². The van der Waals surface area contributed by atoms with Gasteiger partial charge in [0.25, 0.3) is 0 Å². The Bertz CT molecular complexity index is 1040. The number of anilines is 1. The third kappa shape index (κ3) is 5.60. The van der Waals surface area contributed by atoms with Crippen LogP contribution in [0.25, 0.3) is 10.9 Å². The van der Waals surface area contributed by atoms with Gasteiger partial charge in [-0.1, -0.05) is 23.8 Å². The smallest absolute Gasteiger partial charge is 0.250 e. The van der Waals surface area contributed by atoms with E-state index in [1.807, 2.05) is 31.2 Å². The van der Waals surface area contributed by atoms with Crippen molar-refractivity contribution in [2.75, 3.05) is 23.7 Å². The Labute approximate surface area is 182 Å². The first-order chi connectivity index (χ1) is 14.5. The van der Waals surface area contributed by atoms with Gasteiger partial charge < -0.3 is 4.90 Å². The van der Waals surface area contributed by atoms with Gasteiger partial charge in [0.15, 0.2) is 0 Å². The highest BCUT2D eigenvalue weighted by molar-refractivity contribution is 8.00. The molecule has 0 saturated carbocycles. The third-order valence-electron chi connectivity index (χ3n) is 4.84. The standard InChI is InChI=1S/C24H28N4OS/c1-5-28(6-2)20-10-8-19(9-11-20)15-25-27-24(29)16-30-23-14-18(4)26-22-12-7-17(3)13-21(22)23/h7-15H,5-6,16H2,1-4H3,(H,27,29)/b25-15+. The lowest BCUT2D eigenvalue weighted by Crippen LogP contribution is -2.21. The highest BCUT2D eigenvalue weighted by atomic mass is 32.2. The first-order valence-electron chi connectivity index (χ1n) is 10.2. The molecule has 1 aromatic heterocycles. The van der Waals surface area contributed by atoms with E-state index >= 15 is 0 Å². The molecule has 1 heterocycles. The maximum absolute atomic E-state index is 12.2. The summed E-state index contributed by atoms with van der Waals surface area (Å²) < 4.78 is 0. The minimum atomic E-state index is -0.133. The van der Waals surface area contributed by atoms with Gasteiger partial charge in [-0.2, -0.15) is 5.10 Å². The van der Waals surface area contributed by atoms with Gasteiger partial charge >= 0.3 is 0 Å². The maximum atomic E-state index is 12.2. The molecule has 0 aliphatic heterocycles. The average molecular weight is 421 g/mol. The number of carbonyl (C=O) groups is 1. The number of hydrogen-bond acceptors (Lipinski definition) is 5. The number of fused-ring (bicyclic) bond motifs is 1. The minimum Gasteiger partial charge on any atom is -0.372 e. The van der Waals surface area contributed by atoms with Crippen LogP contribution in [0.4, 0.5) is 5.69 Å². The largest absolute Gasteiger partial charge is 0.372 e. The summed E-state index contributed by atoms with van der Waals surface area (Å²) in [5.41, 5.74) is 7.83. The van der Waals surface area contributed by atoms with E-state index < -0.39 is 0 Å². The van der Waals surface area contributed by atoms with Gasteiger partial charge in [-0.3, -0.25) is 9.78 Å². The molecule has 0 aliphatic rings. The van der Waals surface area contributed by atoms with Gasteiger partial charge in [0.05, 0.1) is 17.5 Å². The number of hydrogen-bond donors (Lipinski definition) is 1. The molecular weight excluding hydrogens is 392 g/mol. The molecule has 0 spiro atoms. The lowest BCUT2D eigenvalue weighted by Gasteiger charge is -2.20. The fraction of sp³-hybridized carbons (Fsp3) is 0.292. The Balaban J connectivity index is 1.58. The molecule has 2 aromatic carbocycles. The zero-order valence-corrected chi connectivity index (χ0v) is 18.8. The quantitative estimate of drug-likeness (QED) is 0.319. The van der Waals surface area contributed by atoms with Crippen LogP contribution in [-0.4, -0.2) is 35.9 Å². The van der Waals surface area contributed by atoms with Crippen LogP contribution >= 0.6 is 11.8 Å². The lowest BCUT2D eigenvalue weighted by atomic mass is 10.1. The monoisotopic (exact) mass is 420 g/mol. The number of aromatic nitrogens is 1. The number of aryl methyl sites for hydroxylation is 2. The van der Waals surface area contributed by atoms with E-state index in [4.69, 9.17) is 0 Å². The van der Waals surface area contributed by atoms with E-state index in [0.29, 0.717) is 5.75 Å². The number of nitrogens with zero attached hydrogens (tertiary/aromatic N) is 3. The minimum absolute atomic E-state index is 0.133. The second kappa shape index (κ2) is 10.3. The molecule has 0 radical (unpaired) electrons. The average Bonchev–Trinajstić information content (AvgIpc) is 2.74. The van der Waals surface area contributed by atoms with Gasteiger partial charge in [0, 0.05) is 34.8 Å². The van der Waals surface area contributed by atoms with Crippen LogP contribution in [0.3, 0.4) is 0 Å². The number of carbonyl (C=O) groups excluding carboxylic acids is 1. The Morgan fingerprint density at radius 1 is 1.10 bits per heavy atom. The van der Waals surface area contributed by atoms with Crippen molar-refractivity contribution >= 4 is 40.5 Å². The van der Waals surface area contributed by atoms with Gasteiger partial charge in [0.1, 0.15) is 0 Å². The van der Waals surface area contributed by atoms with Crippen molar-refractivity contribution in [2.45, 2.75) is 32.6 Å². The fourth-order valence-electron chi connectivity index (χ4n) is 3.27. The van der Waals surface area contributed by atoms with Gasteiger partial charge in [-0.05, 0) is 63.6 Å². The molecule has 156 valence electrons. The summed E-state index contributed by atoms with van der Waals surface area (Å²) in [6.07, 6.45) is 1.67. The maximum Gasteiger partial charge on any atom is 0.250 e. The van der Waals surface area contributed by atoms with E-state index in [1.54, 1.807) is 6.21 Å². The molecule has 0 fully saturated rings. The highest BCUT2D eigenvalue weighted by Gasteiger charge is 2.08. The molecule has 30 heavy (non-hydrogen) atoms. The summed E-state index contributed by atoms with van der Waals surface area (Å²) in [5.74, 6) is 0.163. The number of thioether (sulfide) groups is 1. The number of amides is 1. The zero-order valence-electron chi connectivity index (χ0n) is 18.0. The van der Waals surface area contributed by atoms with Crippen molar-refractivity contribution in [1.82, 2.24) is 10.4 Å². The third-order valence-corrected chi connectivity index (χ3v) is 5.89. The number of nitrogens with one attached hydrogen (secondary N) is 1. The molecule has 0 aliphatic carbocycles.